The lowest BCUT2D eigenvalue weighted by Gasteiger charge is -2.18. The quantitative estimate of drug-likeness (QED) is 0.833. The largest absolute Gasteiger partial charge is 0.393 e. The van der Waals surface area contributed by atoms with Crippen LogP contribution in [0.4, 0.5) is 0 Å². The molecule has 1 saturated heterocycles. The predicted octanol–water partition coefficient (Wildman–Crippen LogP) is 2.01. The number of H-pyrrole nitrogens is 1. The van der Waals surface area contributed by atoms with Crippen molar-refractivity contribution in [2.24, 2.45) is 11.8 Å². The third-order valence-electron chi connectivity index (χ3n) is 4.91. The van der Waals surface area contributed by atoms with E-state index < -0.39 is 0 Å². The van der Waals surface area contributed by atoms with Crippen molar-refractivity contribution in [3.8, 4) is 0 Å². The van der Waals surface area contributed by atoms with E-state index in [1.807, 2.05) is 35.4 Å². The molecule has 0 radical (unpaired) electrons. The van der Waals surface area contributed by atoms with Crippen molar-refractivity contribution in [3.05, 3.63) is 36.0 Å². The molecule has 1 saturated carbocycles. The number of aliphatic hydroxyl groups is 1. The molecule has 2 aliphatic rings. The van der Waals surface area contributed by atoms with Gasteiger partial charge in [-0.25, -0.2) is 0 Å². The van der Waals surface area contributed by atoms with E-state index in [1.165, 1.54) is 0 Å². The SMILES string of the molecule is O=C(c1ccc2cc[nH]c2c1)N1CC2CCC(O)C2C1. The van der Waals surface area contributed by atoms with Crippen molar-refractivity contribution >= 4 is 16.8 Å². The van der Waals surface area contributed by atoms with Gasteiger partial charge in [-0.15, -0.1) is 0 Å². The minimum atomic E-state index is -0.219. The van der Waals surface area contributed by atoms with Gasteiger partial charge >= 0.3 is 0 Å². The second kappa shape index (κ2) is 4.35. The summed E-state index contributed by atoms with van der Waals surface area (Å²) in [4.78, 5) is 17.6. The number of nitrogens with zero attached hydrogens (tertiary/aromatic N) is 1. The van der Waals surface area contributed by atoms with Gasteiger partial charge in [-0.2, -0.15) is 0 Å². The first-order chi connectivity index (χ1) is 9.72. The predicted molar refractivity (Wildman–Crippen MR) is 76.4 cm³/mol. The highest BCUT2D eigenvalue weighted by Gasteiger charge is 2.43. The summed E-state index contributed by atoms with van der Waals surface area (Å²) in [7, 11) is 0. The monoisotopic (exact) mass is 270 g/mol. The Labute approximate surface area is 117 Å². The van der Waals surface area contributed by atoms with Crippen LogP contribution in [0.3, 0.4) is 0 Å². The molecule has 0 bridgehead atoms. The van der Waals surface area contributed by atoms with Gasteiger partial charge in [0, 0.05) is 36.3 Å². The zero-order valence-electron chi connectivity index (χ0n) is 11.2. The van der Waals surface area contributed by atoms with Crippen LogP contribution in [0.5, 0.6) is 0 Å². The Kier molecular flexibility index (Phi) is 2.60. The maximum Gasteiger partial charge on any atom is 0.253 e. The fourth-order valence-electron chi connectivity index (χ4n) is 3.77. The van der Waals surface area contributed by atoms with Crippen LogP contribution in [0.15, 0.2) is 30.5 Å². The number of hydrogen-bond donors (Lipinski definition) is 2. The van der Waals surface area contributed by atoms with Crippen molar-refractivity contribution in [3.63, 3.8) is 0 Å². The number of likely N-dealkylation sites (tertiary alicyclic amines) is 1. The lowest BCUT2D eigenvalue weighted by Crippen LogP contribution is -2.31. The first-order valence-corrected chi connectivity index (χ1v) is 7.27. The van der Waals surface area contributed by atoms with Crippen molar-refractivity contribution in [2.45, 2.75) is 18.9 Å². The summed E-state index contributed by atoms with van der Waals surface area (Å²) in [5, 5.41) is 11.1. The van der Waals surface area contributed by atoms with Crippen LogP contribution in [0, 0.1) is 11.8 Å². The van der Waals surface area contributed by atoms with Crippen LogP contribution in [-0.2, 0) is 0 Å². The molecule has 4 nitrogen and oxygen atoms in total. The molecular formula is C16H18N2O2. The van der Waals surface area contributed by atoms with Crippen LogP contribution in [0.2, 0.25) is 0 Å². The minimum Gasteiger partial charge on any atom is -0.393 e. The van der Waals surface area contributed by atoms with E-state index in [2.05, 4.69) is 4.98 Å². The number of aliphatic hydroxyl groups excluding tert-OH is 1. The van der Waals surface area contributed by atoms with Crippen LogP contribution >= 0.6 is 0 Å². The van der Waals surface area contributed by atoms with Gasteiger partial charge in [-0.05, 0) is 42.3 Å². The summed E-state index contributed by atoms with van der Waals surface area (Å²) in [6.07, 6.45) is 3.61. The molecule has 4 rings (SSSR count). The molecule has 3 atom stereocenters. The second-order valence-corrected chi connectivity index (χ2v) is 6.06. The number of carbonyl (C=O) groups is 1. The Morgan fingerprint density at radius 3 is 3.00 bits per heavy atom. The van der Waals surface area contributed by atoms with E-state index in [0.29, 0.717) is 12.5 Å². The number of aromatic nitrogens is 1. The highest BCUT2D eigenvalue weighted by atomic mass is 16.3. The van der Waals surface area contributed by atoms with Crippen molar-refractivity contribution in [2.75, 3.05) is 13.1 Å². The van der Waals surface area contributed by atoms with Crippen molar-refractivity contribution in [1.29, 1.82) is 0 Å². The molecule has 2 fully saturated rings. The van der Waals surface area contributed by atoms with E-state index in [9.17, 15) is 9.90 Å². The van der Waals surface area contributed by atoms with Gasteiger partial charge in [0.05, 0.1) is 6.10 Å². The molecule has 3 unspecified atom stereocenters. The van der Waals surface area contributed by atoms with Crippen molar-refractivity contribution in [1.82, 2.24) is 9.88 Å². The van der Waals surface area contributed by atoms with Crippen LogP contribution in [0.1, 0.15) is 23.2 Å². The highest BCUT2D eigenvalue weighted by molar-refractivity contribution is 5.98. The third-order valence-corrected chi connectivity index (χ3v) is 4.91. The molecule has 1 aromatic carbocycles. The van der Waals surface area contributed by atoms with Gasteiger partial charge in [-0.3, -0.25) is 4.79 Å². The summed E-state index contributed by atoms with van der Waals surface area (Å²) >= 11 is 0. The fraction of sp³-hybridized carbons (Fsp3) is 0.438. The number of aromatic amines is 1. The second-order valence-electron chi connectivity index (χ2n) is 6.06. The zero-order valence-corrected chi connectivity index (χ0v) is 11.2. The van der Waals surface area contributed by atoms with Crippen LogP contribution < -0.4 is 0 Å². The summed E-state index contributed by atoms with van der Waals surface area (Å²) in [6.45, 7) is 1.50. The molecular weight excluding hydrogens is 252 g/mol. The molecule has 1 aliphatic heterocycles. The summed E-state index contributed by atoms with van der Waals surface area (Å²) in [5.41, 5.74) is 1.73. The van der Waals surface area contributed by atoms with Gasteiger partial charge in [0.2, 0.25) is 0 Å². The average Bonchev–Trinajstić information content (AvgIpc) is 3.14. The Bertz CT molecular complexity index is 663. The number of benzene rings is 1. The average molecular weight is 270 g/mol. The highest BCUT2D eigenvalue weighted by Crippen LogP contribution is 2.38. The minimum absolute atomic E-state index is 0.0862. The van der Waals surface area contributed by atoms with Crippen LogP contribution in [0.25, 0.3) is 10.9 Å². The van der Waals surface area contributed by atoms with Crippen molar-refractivity contribution < 1.29 is 9.90 Å². The summed E-state index contributed by atoms with van der Waals surface area (Å²) in [5.74, 6) is 0.861. The molecule has 1 aliphatic carbocycles. The number of carbonyl (C=O) groups excluding carboxylic acids is 1. The fourth-order valence-corrected chi connectivity index (χ4v) is 3.77. The smallest absolute Gasteiger partial charge is 0.253 e. The molecule has 1 aromatic heterocycles. The number of hydrogen-bond acceptors (Lipinski definition) is 2. The Morgan fingerprint density at radius 2 is 2.15 bits per heavy atom. The summed E-state index contributed by atoms with van der Waals surface area (Å²) < 4.78 is 0. The normalized spacial score (nSPS) is 29.1. The number of amides is 1. The Hall–Kier alpha value is -1.81. The zero-order chi connectivity index (χ0) is 13.7. The van der Waals surface area contributed by atoms with E-state index in [0.717, 1.165) is 35.9 Å². The summed E-state index contributed by atoms with van der Waals surface area (Å²) in [6, 6.07) is 7.79. The molecule has 0 spiro atoms. The molecule has 2 heterocycles. The Morgan fingerprint density at radius 1 is 1.25 bits per heavy atom. The standard InChI is InChI=1S/C16H18N2O2/c19-15-4-3-12-8-18(9-13(12)15)16(20)11-2-1-10-5-6-17-14(10)7-11/h1-2,5-7,12-13,15,17,19H,3-4,8-9H2. The number of rotatable bonds is 1. The third kappa shape index (κ3) is 1.75. The van der Waals surface area contributed by atoms with Gasteiger partial charge in [0.1, 0.15) is 0 Å². The van der Waals surface area contributed by atoms with Gasteiger partial charge in [0.15, 0.2) is 0 Å². The van der Waals surface area contributed by atoms with Gasteiger partial charge in [0.25, 0.3) is 5.91 Å². The first kappa shape index (κ1) is 12.0. The molecule has 104 valence electrons. The number of nitrogens with one attached hydrogen (secondary N) is 1. The topological polar surface area (TPSA) is 56.3 Å². The van der Waals surface area contributed by atoms with E-state index >= 15 is 0 Å². The number of fused-ring (bicyclic) bond motifs is 2. The molecule has 2 aromatic rings. The molecule has 2 N–H and O–H groups in total. The van der Waals surface area contributed by atoms with Gasteiger partial charge in [-0.1, -0.05) is 6.07 Å². The molecule has 20 heavy (non-hydrogen) atoms. The maximum absolute atomic E-state index is 12.6. The van der Waals surface area contributed by atoms with E-state index in [-0.39, 0.29) is 17.9 Å². The Balaban J connectivity index is 1.58. The van der Waals surface area contributed by atoms with E-state index in [4.69, 9.17) is 0 Å². The lowest BCUT2D eigenvalue weighted by molar-refractivity contribution is 0.0752. The molecule has 1 amide bonds. The van der Waals surface area contributed by atoms with E-state index in [1.54, 1.807) is 0 Å². The lowest BCUT2D eigenvalue weighted by atomic mass is 10.00. The van der Waals surface area contributed by atoms with Crippen LogP contribution in [-0.4, -0.2) is 40.1 Å². The van der Waals surface area contributed by atoms with Gasteiger partial charge < -0.3 is 15.0 Å². The first-order valence-electron chi connectivity index (χ1n) is 7.27. The molecule has 4 heteroatoms. The maximum atomic E-state index is 12.6.